The van der Waals surface area contributed by atoms with E-state index in [0.717, 1.165) is 0 Å². The lowest BCUT2D eigenvalue weighted by Crippen LogP contribution is -2.48. The molecule has 1 saturated heterocycles. The molecule has 1 aromatic rings. The predicted octanol–water partition coefficient (Wildman–Crippen LogP) is 0.669. The second-order valence-corrected chi connectivity index (χ2v) is 4.34. The number of amides is 1. The number of nitrogens with zero attached hydrogens (tertiary/aromatic N) is 3. The van der Waals surface area contributed by atoms with Crippen molar-refractivity contribution in [3.05, 3.63) is 18.0 Å². The molecule has 0 saturated carbocycles. The Bertz CT molecular complexity index is 378. The van der Waals surface area contributed by atoms with E-state index in [-0.39, 0.29) is 18.1 Å². The van der Waals surface area contributed by atoms with Crippen molar-refractivity contribution in [1.82, 2.24) is 14.7 Å². The normalized spacial score (nSPS) is 25.8. The van der Waals surface area contributed by atoms with Crippen LogP contribution in [0.4, 0.5) is 0 Å². The summed E-state index contributed by atoms with van der Waals surface area (Å²) in [6.07, 6.45) is 1.97. The van der Waals surface area contributed by atoms with Crippen LogP contribution in [0.2, 0.25) is 0 Å². The molecule has 1 aliphatic heterocycles. The van der Waals surface area contributed by atoms with E-state index < -0.39 is 0 Å². The summed E-state index contributed by atoms with van der Waals surface area (Å²) in [4.78, 5) is 13.9. The molecule has 0 aromatic carbocycles. The van der Waals surface area contributed by atoms with Crippen molar-refractivity contribution in [2.75, 3.05) is 13.1 Å². The highest BCUT2D eigenvalue weighted by atomic mass is 16.5. The molecule has 2 atom stereocenters. The van der Waals surface area contributed by atoms with E-state index in [1.807, 2.05) is 13.8 Å². The van der Waals surface area contributed by atoms with E-state index in [4.69, 9.17) is 4.74 Å². The highest BCUT2D eigenvalue weighted by molar-refractivity contribution is 5.92. The molecule has 88 valence electrons. The van der Waals surface area contributed by atoms with Crippen molar-refractivity contribution in [1.29, 1.82) is 0 Å². The van der Waals surface area contributed by atoms with Crippen LogP contribution < -0.4 is 0 Å². The van der Waals surface area contributed by atoms with Crippen LogP contribution in [0.3, 0.4) is 0 Å². The number of rotatable bonds is 1. The van der Waals surface area contributed by atoms with Gasteiger partial charge in [-0.15, -0.1) is 0 Å². The summed E-state index contributed by atoms with van der Waals surface area (Å²) in [5.74, 6) is -0.0115. The summed E-state index contributed by atoms with van der Waals surface area (Å²) in [5.41, 5.74) is 0.504. The van der Waals surface area contributed by atoms with Gasteiger partial charge in [-0.2, -0.15) is 5.10 Å². The first-order valence-corrected chi connectivity index (χ1v) is 5.50. The maximum atomic E-state index is 12.1. The summed E-state index contributed by atoms with van der Waals surface area (Å²) in [6, 6.07) is 1.74. The molecule has 2 heterocycles. The van der Waals surface area contributed by atoms with Gasteiger partial charge in [0.05, 0.1) is 12.2 Å². The zero-order valence-electron chi connectivity index (χ0n) is 9.88. The van der Waals surface area contributed by atoms with Gasteiger partial charge in [0, 0.05) is 26.3 Å². The van der Waals surface area contributed by atoms with Crippen LogP contribution in [0.15, 0.2) is 12.3 Å². The van der Waals surface area contributed by atoms with Gasteiger partial charge in [-0.3, -0.25) is 9.48 Å². The lowest BCUT2D eigenvalue weighted by molar-refractivity contribution is -0.0587. The highest BCUT2D eigenvalue weighted by Gasteiger charge is 2.27. The van der Waals surface area contributed by atoms with Gasteiger partial charge >= 0.3 is 0 Å². The van der Waals surface area contributed by atoms with Crippen LogP contribution in [0.1, 0.15) is 24.3 Å². The fourth-order valence-corrected chi connectivity index (χ4v) is 2.03. The van der Waals surface area contributed by atoms with E-state index in [1.165, 1.54) is 0 Å². The molecule has 5 nitrogen and oxygen atoms in total. The fraction of sp³-hybridized carbons (Fsp3) is 0.636. The molecular formula is C11H17N3O2. The lowest BCUT2D eigenvalue weighted by Gasteiger charge is -2.34. The molecule has 0 unspecified atom stereocenters. The number of carbonyl (C=O) groups is 1. The molecule has 0 N–H and O–H groups in total. The van der Waals surface area contributed by atoms with Gasteiger partial charge in [0.25, 0.3) is 5.91 Å². The average Bonchev–Trinajstić information content (AvgIpc) is 2.62. The molecule has 1 fully saturated rings. The quantitative estimate of drug-likeness (QED) is 0.703. The molecule has 2 rings (SSSR count). The second kappa shape index (κ2) is 4.25. The minimum absolute atomic E-state index is 0.0115. The molecular weight excluding hydrogens is 206 g/mol. The van der Waals surface area contributed by atoms with E-state index in [0.29, 0.717) is 18.8 Å². The molecule has 1 aromatic heterocycles. The summed E-state index contributed by atoms with van der Waals surface area (Å²) >= 11 is 0. The lowest BCUT2D eigenvalue weighted by atomic mass is 10.2. The smallest absolute Gasteiger partial charge is 0.274 e. The van der Waals surface area contributed by atoms with Gasteiger partial charge in [-0.05, 0) is 19.9 Å². The number of morpholine rings is 1. The fourth-order valence-electron chi connectivity index (χ4n) is 2.03. The van der Waals surface area contributed by atoms with Crippen molar-refractivity contribution in [2.24, 2.45) is 7.05 Å². The van der Waals surface area contributed by atoms with E-state index in [9.17, 15) is 4.79 Å². The van der Waals surface area contributed by atoms with Crippen LogP contribution in [-0.2, 0) is 11.8 Å². The Hall–Kier alpha value is -1.36. The van der Waals surface area contributed by atoms with Gasteiger partial charge < -0.3 is 9.64 Å². The molecule has 16 heavy (non-hydrogen) atoms. The van der Waals surface area contributed by atoms with Crippen LogP contribution >= 0.6 is 0 Å². The summed E-state index contributed by atoms with van der Waals surface area (Å²) < 4.78 is 7.23. The van der Waals surface area contributed by atoms with E-state index >= 15 is 0 Å². The average molecular weight is 223 g/mol. The first-order chi connectivity index (χ1) is 7.56. The first kappa shape index (κ1) is 11.1. The third kappa shape index (κ3) is 2.24. The third-order valence-electron chi connectivity index (χ3n) is 2.64. The van der Waals surface area contributed by atoms with Crippen molar-refractivity contribution in [3.8, 4) is 0 Å². The van der Waals surface area contributed by atoms with E-state index in [2.05, 4.69) is 5.10 Å². The Kier molecular flexibility index (Phi) is 2.96. The SMILES string of the molecule is C[C@@H]1CN(C(=O)c2ccn(C)n2)C[C@@H](C)O1. The maximum absolute atomic E-state index is 12.1. The van der Waals surface area contributed by atoms with Crippen LogP contribution in [0, 0.1) is 0 Å². The van der Waals surface area contributed by atoms with E-state index in [1.54, 1.807) is 28.9 Å². The zero-order valence-corrected chi connectivity index (χ0v) is 9.88. The number of aromatic nitrogens is 2. The predicted molar refractivity (Wildman–Crippen MR) is 59.1 cm³/mol. The molecule has 0 spiro atoms. The van der Waals surface area contributed by atoms with Crippen molar-refractivity contribution < 1.29 is 9.53 Å². The van der Waals surface area contributed by atoms with Crippen LogP contribution in [-0.4, -0.2) is 45.9 Å². The zero-order chi connectivity index (χ0) is 11.7. The van der Waals surface area contributed by atoms with Gasteiger partial charge in [0.2, 0.25) is 0 Å². The Labute approximate surface area is 95.0 Å². The second-order valence-electron chi connectivity index (χ2n) is 4.34. The van der Waals surface area contributed by atoms with Gasteiger partial charge in [-0.25, -0.2) is 0 Å². The Morgan fingerprint density at radius 1 is 1.44 bits per heavy atom. The maximum Gasteiger partial charge on any atom is 0.274 e. The standard InChI is InChI=1S/C11H17N3O2/c1-8-6-14(7-9(2)16-8)11(15)10-4-5-13(3)12-10/h4-5,8-9H,6-7H2,1-3H3/t8-,9-/m1/s1. The monoisotopic (exact) mass is 223 g/mol. The number of ether oxygens (including phenoxy) is 1. The summed E-state index contributed by atoms with van der Waals surface area (Å²) in [7, 11) is 1.81. The number of hydrogen-bond acceptors (Lipinski definition) is 3. The largest absolute Gasteiger partial charge is 0.372 e. The number of carbonyl (C=O) groups excluding carboxylic acids is 1. The Balaban J connectivity index is 2.09. The molecule has 5 heteroatoms. The van der Waals surface area contributed by atoms with Crippen molar-refractivity contribution in [3.63, 3.8) is 0 Å². The molecule has 0 bridgehead atoms. The Morgan fingerprint density at radius 2 is 2.06 bits per heavy atom. The van der Waals surface area contributed by atoms with Crippen LogP contribution in [0.25, 0.3) is 0 Å². The molecule has 1 amide bonds. The molecule has 0 radical (unpaired) electrons. The van der Waals surface area contributed by atoms with Crippen LogP contribution in [0.5, 0.6) is 0 Å². The third-order valence-corrected chi connectivity index (χ3v) is 2.64. The van der Waals surface area contributed by atoms with Gasteiger partial charge in [0.1, 0.15) is 5.69 Å². The number of aryl methyl sites for hydroxylation is 1. The van der Waals surface area contributed by atoms with Crippen molar-refractivity contribution >= 4 is 5.91 Å². The van der Waals surface area contributed by atoms with Crippen molar-refractivity contribution in [2.45, 2.75) is 26.1 Å². The van der Waals surface area contributed by atoms with Gasteiger partial charge in [-0.1, -0.05) is 0 Å². The highest BCUT2D eigenvalue weighted by Crippen LogP contribution is 2.13. The summed E-state index contributed by atoms with van der Waals surface area (Å²) in [5, 5.41) is 4.12. The minimum atomic E-state index is -0.0115. The molecule has 0 aliphatic carbocycles. The van der Waals surface area contributed by atoms with Gasteiger partial charge in [0.15, 0.2) is 0 Å². The topological polar surface area (TPSA) is 47.4 Å². The molecule has 1 aliphatic rings. The summed E-state index contributed by atoms with van der Waals surface area (Å²) in [6.45, 7) is 5.24. The Morgan fingerprint density at radius 3 is 2.56 bits per heavy atom. The first-order valence-electron chi connectivity index (χ1n) is 5.50. The minimum Gasteiger partial charge on any atom is -0.372 e. The number of hydrogen-bond donors (Lipinski definition) is 0.